The van der Waals surface area contributed by atoms with Crippen molar-refractivity contribution in [1.82, 2.24) is 9.97 Å². The average molecular weight is 190 g/mol. The summed E-state index contributed by atoms with van der Waals surface area (Å²) in [6.45, 7) is -13.0. The molecule has 0 amide bonds. The van der Waals surface area contributed by atoms with Crippen LogP contribution < -0.4 is 10.6 Å². The molecule has 0 radical (unpaired) electrons. The topological polar surface area (TPSA) is 64.3 Å². The van der Waals surface area contributed by atoms with Crippen LogP contribution in [0.3, 0.4) is 0 Å². The summed E-state index contributed by atoms with van der Waals surface area (Å²) in [5, 5.41) is 0. The third-order valence-electron chi connectivity index (χ3n) is 1.17. The lowest BCUT2D eigenvalue weighted by atomic mass is 10.4. The second-order valence-electron chi connectivity index (χ2n) is 2.03. The molecule has 5 nitrogen and oxygen atoms in total. The molecule has 1 aliphatic rings. The summed E-state index contributed by atoms with van der Waals surface area (Å²) in [6.07, 6.45) is -1.39. The number of anilines is 2. The van der Waals surface area contributed by atoms with E-state index < -0.39 is 50.1 Å². The zero-order valence-electron chi connectivity index (χ0n) is 16.3. The van der Waals surface area contributed by atoms with E-state index in [9.17, 15) is 0 Å². The zero-order valence-corrected chi connectivity index (χ0v) is 6.33. The predicted molar refractivity (Wildman–Crippen MR) is 49.5 cm³/mol. The lowest BCUT2D eigenvalue weighted by Crippen LogP contribution is -2.37. The number of nitrogens with zero attached hydrogens (tertiary/aromatic N) is 3. The van der Waals surface area contributed by atoms with Gasteiger partial charge in [0.1, 0.15) is 0 Å². The summed E-state index contributed by atoms with van der Waals surface area (Å²) >= 11 is 0. The number of morpholine rings is 1. The van der Waals surface area contributed by atoms with Crippen molar-refractivity contribution in [2.24, 2.45) is 0 Å². The number of hydrogen-bond donors (Lipinski definition) is 1. The lowest BCUT2D eigenvalue weighted by molar-refractivity contribution is 0.122. The van der Waals surface area contributed by atoms with Crippen LogP contribution in [-0.2, 0) is 4.74 Å². The van der Waals surface area contributed by atoms with Crippen molar-refractivity contribution >= 4 is 11.6 Å². The molecule has 5 heteroatoms. The zero-order chi connectivity index (χ0) is 18.0. The van der Waals surface area contributed by atoms with Gasteiger partial charge in [0.15, 0.2) is 0 Å². The molecule has 0 spiro atoms. The highest BCUT2D eigenvalue weighted by Crippen LogP contribution is 2.09. The molecule has 2 rings (SSSR count). The van der Waals surface area contributed by atoms with Crippen molar-refractivity contribution < 1.29 is 18.4 Å². The first-order chi connectivity index (χ1) is 10.1. The fraction of sp³-hybridized carbons (Fsp3) is 0.500. The molecular weight excluding hydrogens is 168 g/mol. The SMILES string of the molecule is [2H]c1nc(N2C([2H])([2H])C([2H])([2H])OC([2H])([2H])C2([2H])[2H])nc([2H])c1N. The fourth-order valence-electron chi connectivity index (χ4n) is 0.661. The molecule has 70 valence electrons. The van der Waals surface area contributed by atoms with Gasteiger partial charge in [-0.05, 0) is 0 Å². The highest BCUT2D eigenvalue weighted by atomic mass is 16.5. The molecule has 1 fully saturated rings. The Bertz CT molecular complexity index is 601. The van der Waals surface area contributed by atoms with E-state index in [1.165, 1.54) is 0 Å². The minimum atomic E-state index is -3.27. The molecule has 2 heterocycles. The first-order valence-corrected chi connectivity index (χ1v) is 3.26. The number of rotatable bonds is 1. The van der Waals surface area contributed by atoms with E-state index in [-0.39, 0.29) is 4.90 Å². The third kappa shape index (κ3) is 1.86. The Balaban J connectivity index is 2.74. The van der Waals surface area contributed by atoms with Crippen LogP contribution in [0.5, 0.6) is 0 Å². The summed E-state index contributed by atoms with van der Waals surface area (Å²) in [5.74, 6) is -0.889. The van der Waals surface area contributed by atoms with Crippen LogP contribution in [0.15, 0.2) is 12.3 Å². The van der Waals surface area contributed by atoms with Crippen LogP contribution in [0.25, 0.3) is 0 Å². The van der Waals surface area contributed by atoms with E-state index in [4.69, 9.17) is 19.4 Å². The van der Waals surface area contributed by atoms with Gasteiger partial charge in [-0.3, -0.25) is 0 Å². The quantitative estimate of drug-likeness (QED) is 0.669. The minimum absolute atomic E-state index is 0.0149. The van der Waals surface area contributed by atoms with Crippen molar-refractivity contribution in [2.75, 3.05) is 36.7 Å². The maximum atomic E-state index is 7.80. The molecule has 0 unspecified atom stereocenters. The van der Waals surface area contributed by atoms with Crippen molar-refractivity contribution in [3.63, 3.8) is 0 Å². The van der Waals surface area contributed by atoms with Crippen LogP contribution >= 0.6 is 0 Å². The molecular formula is C8H12N4O. The van der Waals surface area contributed by atoms with Crippen LogP contribution in [0.2, 0.25) is 0 Å². The standard InChI is InChI=1S/C8H12N4O/c9-7-5-10-8(11-6-7)12-1-3-13-4-2-12/h5-6H,1-4,9H2/i1D2,2D2,3D2,4D2,5D,6D. The van der Waals surface area contributed by atoms with Gasteiger partial charge in [0.05, 0.1) is 44.9 Å². The number of nitrogens with two attached hydrogens (primary N) is 1. The second kappa shape index (κ2) is 3.57. The fourth-order valence-corrected chi connectivity index (χ4v) is 0.661. The molecule has 13 heavy (non-hydrogen) atoms. The third-order valence-corrected chi connectivity index (χ3v) is 1.17. The number of ether oxygens (including phenoxy) is 1. The van der Waals surface area contributed by atoms with E-state index in [1.54, 1.807) is 0 Å². The highest BCUT2D eigenvalue weighted by Gasteiger charge is 2.12. The minimum Gasteiger partial charge on any atom is -0.396 e. The first kappa shape index (κ1) is 2.57. The molecule has 0 aromatic carbocycles. The van der Waals surface area contributed by atoms with Gasteiger partial charge in [-0.15, -0.1) is 0 Å². The van der Waals surface area contributed by atoms with Gasteiger partial charge in [-0.2, -0.15) is 0 Å². The Morgan fingerprint density at radius 2 is 2.08 bits per heavy atom. The largest absolute Gasteiger partial charge is 0.396 e. The Hall–Kier alpha value is -1.36. The van der Waals surface area contributed by atoms with Gasteiger partial charge in [0.25, 0.3) is 0 Å². The van der Waals surface area contributed by atoms with E-state index in [2.05, 4.69) is 14.7 Å². The van der Waals surface area contributed by atoms with Crippen LogP contribution in [0.4, 0.5) is 11.6 Å². The average Bonchev–Trinajstić information content (AvgIpc) is 2.32. The van der Waals surface area contributed by atoms with Crippen molar-refractivity contribution in [3.05, 3.63) is 12.3 Å². The first-order valence-electron chi connectivity index (χ1n) is 8.26. The van der Waals surface area contributed by atoms with Gasteiger partial charge >= 0.3 is 0 Å². The maximum absolute atomic E-state index is 7.80. The van der Waals surface area contributed by atoms with Crippen molar-refractivity contribution in [1.29, 1.82) is 0 Å². The van der Waals surface area contributed by atoms with Crippen molar-refractivity contribution in [2.45, 2.75) is 0 Å². The van der Waals surface area contributed by atoms with Gasteiger partial charge in [-0.25, -0.2) is 9.97 Å². The molecule has 1 aromatic rings. The maximum Gasteiger partial charge on any atom is 0.225 e. The van der Waals surface area contributed by atoms with Gasteiger partial charge in [0.2, 0.25) is 5.95 Å². The smallest absolute Gasteiger partial charge is 0.225 e. The van der Waals surface area contributed by atoms with Crippen LogP contribution in [0, 0.1) is 0 Å². The summed E-state index contributed by atoms with van der Waals surface area (Å²) < 4.78 is 80.7. The summed E-state index contributed by atoms with van der Waals surface area (Å²) in [5.41, 5.74) is 4.91. The number of nitrogen functional groups attached to an aromatic ring is 1. The molecule has 1 saturated heterocycles. The molecule has 0 atom stereocenters. The normalized spacial score (nSPS) is 44.2. The molecule has 0 aliphatic carbocycles. The summed E-state index contributed by atoms with van der Waals surface area (Å²) in [4.78, 5) is 6.88. The Morgan fingerprint density at radius 1 is 1.46 bits per heavy atom. The van der Waals surface area contributed by atoms with Crippen LogP contribution in [0.1, 0.15) is 13.7 Å². The Morgan fingerprint density at radius 3 is 2.69 bits per heavy atom. The summed E-state index contributed by atoms with van der Waals surface area (Å²) in [6, 6.07) is 0. The molecule has 1 aromatic heterocycles. The number of hydrogen-bond acceptors (Lipinski definition) is 5. The summed E-state index contributed by atoms with van der Waals surface area (Å²) in [7, 11) is 0. The van der Waals surface area contributed by atoms with E-state index in [1.807, 2.05) is 0 Å². The lowest BCUT2D eigenvalue weighted by Gasteiger charge is -2.26. The molecule has 0 bridgehead atoms. The Kier molecular flexibility index (Phi) is 0.706. The van der Waals surface area contributed by atoms with E-state index >= 15 is 0 Å². The molecule has 2 N–H and O–H groups in total. The van der Waals surface area contributed by atoms with E-state index in [0.29, 0.717) is 0 Å². The van der Waals surface area contributed by atoms with E-state index in [0.717, 1.165) is 0 Å². The number of aromatic nitrogens is 2. The molecule has 1 aliphatic heterocycles. The van der Waals surface area contributed by atoms with Crippen molar-refractivity contribution in [3.8, 4) is 0 Å². The second-order valence-corrected chi connectivity index (χ2v) is 2.03. The highest BCUT2D eigenvalue weighted by molar-refractivity contribution is 5.37. The van der Waals surface area contributed by atoms with Crippen LogP contribution in [-0.4, -0.2) is 36.1 Å². The van der Waals surface area contributed by atoms with Gasteiger partial charge in [0, 0.05) is 13.0 Å². The van der Waals surface area contributed by atoms with Gasteiger partial charge in [-0.1, -0.05) is 0 Å². The Labute approximate surface area is 90.6 Å². The monoisotopic (exact) mass is 190 g/mol. The van der Waals surface area contributed by atoms with Gasteiger partial charge < -0.3 is 15.4 Å². The molecule has 0 saturated carbocycles. The predicted octanol–water partition coefficient (Wildman–Crippen LogP) is -0.105.